The van der Waals surface area contributed by atoms with E-state index in [2.05, 4.69) is 4.72 Å². The van der Waals surface area contributed by atoms with Crippen LogP contribution in [0.15, 0.2) is 29.7 Å². The van der Waals surface area contributed by atoms with Crippen LogP contribution in [0.25, 0.3) is 6.08 Å². The van der Waals surface area contributed by atoms with Gasteiger partial charge in [-0.15, -0.1) is 0 Å². The van der Waals surface area contributed by atoms with Crippen molar-refractivity contribution in [2.24, 2.45) is 0 Å². The number of sulfonamides is 1. The molecule has 0 saturated heterocycles. The van der Waals surface area contributed by atoms with E-state index in [1.165, 1.54) is 6.08 Å². The maximum atomic E-state index is 11.8. The molecule has 0 saturated carbocycles. The Bertz CT molecular complexity index is 588. The van der Waals surface area contributed by atoms with Crippen LogP contribution in [0, 0.1) is 6.92 Å². The van der Waals surface area contributed by atoms with Crippen LogP contribution in [-0.4, -0.2) is 38.9 Å². The van der Waals surface area contributed by atoms with E-state index in [1.807, 2.05) is 45.0 Å². The van der Waals surface area contributed by atoms with Crippen molar-refractivity contribution in [3.63, 3.8) is 0 Å². The lowest BCUT2D eigenvalue weighted by atomic mass is 10.2. The van der Waals surface area contributed by atoms with E-state index in [-0.39, 0.29) is 12.5 Å². The summed E-state index contributed by atoms with van der Waals surface area (Å²) in [7, 11) is -3.61. The fraction of sp³-hybridized carbons (Fsp3) is 0.400. The van der Waals surface area contributed by atoms with E-state index >= 15 is 0 Å². The minimum Gasteiger partial charge on any atom is -0.342 e. The second kappa shape index (κ2) is 7.95. The number of nitrogens with zero attached hydrogens (tertiary/aromatic N) is 1. The first-order valence-corrected chi connectivity index (χ1v) is 8.44. The van der Waals surface area contributed by atoms with Crippen molar-refractivity contribution in [3.8, 4) is 0 Å². The minimum absolute atomic E-state index is 0.220. The summed E-state index contributed by atoms with van der Waals surface area (Å²) in [5.41, 5.74) is 1.90. The van der Waals surface area contributed by atoms with E-state index in [9.17, 15) is 13.2 Å². The minimum atomic E-state index is -3.61. The molecule has 0 bridgehead atoms. The molecule has 0 unspecified atom stereocenters. The van der Waals surface area contributed by atoms with E-state index in [0.29, 0.717) is 13.1 Å². The summed E-state index contributed by atoms with van der Waals surface area (Å²) in [5, 5.41) is 1.08. The highest BCUT2D eigenvalue weighted by Crippen LogP contribution is 2.06. The van der Waals surface area contributed by atoms with Gasteiger partial charge in [0.15, 0.2) is 0 Å². The molecule has 1 rings (SSSR count). The molecule has 116 valence electrons. The average molecular weight is 310 g/mol. The Balaban J connectivity index is 2.61. The molecule has 0 aliphatic rings. The van der Waals surface area contributed by atoms with Gasteiger partial charge in [-0.05, 0) is 32.4 Å². The Hall–Kier alpha value is -1.66. The van der Waals surface area contributed by atoms with Crippen LogP contribution in [0.1, 0.15) is 25.0 Å². The van der Waals surface area contributed by atoms with Crippen molar-refractivity contribution in [3.05, 3.63) is 40.8 Å². The van der Waals surface area contributed by atoms with Crippen LogP contribution in [0.3, 0.4) is 0 Å². The topological polar surface area (TPSA) is 66.5 Å². The summed E-state index contributed by atoms with van der Waals surface area (Å²) < 4.78 is 25.9. The molecule has 21 heavy (non-hydrogen) atoms. The van der Waals surface area contributed by atoms with Crippen LogP contribution in [0.4, 0.5) is 0 Å². The quantitative estimate of drug-likeness (QED) is 0.834. The monoisotopic (exact) mass is 310 g/mol. The van der Waals surface area contributed by atoms with Gasteiger partial charge in [-0.2, -0.15) is 0 Å². The first kappa shape index (κ1) is 17.4. The Kier molecular flexibility index (Phi) is 6.58. The number of amides is 1. The zero-order valence-corrected chi connectivity index (χ0v) is 13.5. The molecule has 5 nitrogen and oxygen atoms in total. The van der Waals surface area contributed by atoms with E-state index in [0.717, 1.165) is 16.5 Å². The standard InChI is InChI=1S/C15H22N2O3S/c1-4-17(5-2)15(18)12-16-21(19,20)11-10-14-8-6-13(3)7-9-14/h6-11,16H,4-5,12H2,1-3H3. The number of benzene rings is 1. The normalized spacial score (nSPS) is 11.8. The highest BCUT2D eigenvalue weighted by Gasteiger charge is 2.12. The van der Waals surface area contributed by atoms with Crippen LogP contribution >= 0.6 is 0 Å². The second-order valence-corrected chi connectivity index (χ2v) is 6.30. The van der Waals surface area contributed by atoms with Gasteiger partial charge in [-0.1, -0.05) is 29.8 Å². The first-order valence-electron chi connectivity index (χ1n) is 6.90. The van der Waals surface area contributed by atoms with Crippen LogP contribution in [0.2, 0.25) is 0 Å². The number of rotatable bonds is 7. The fourth-order valence-electron chi connectivity index (χ4n) is 1.74. The average Bonchev–Trinajstić information content (AvgIpc) is 2.46. The van der Waals surface area contributed by atoms with Crippen molar-refractivity contribution < 1.29 is 13.2 Å². The highest BCUT2D eigenvalue weighted by molar-refractivity contribution is 7.92. The summed E-state index contributed by atoms with van der Waals surface area (Å²) in [6.07, 6.45) is 1.50. The number of likely N-dealkylation sites (N-methyl/N-ethyl adjacent to an activating group) is 1. The third-order valence-corrected chi connectivity index (χ3v) is 4.10. The summed E-state index contributed by atoms with van der Waals surface area (Å²) in [6.45, 7) is 6.58. The molecule has 0 fully saturated rings. The zero-order valence-electron chi connectivity index (χ0n) is 12.7. The molecule has 6 heteroatoms. The molecule has 0 radical (unpaired) electrons. The Morgan fingerprint density at radius 2 is 1.76 bits per heavy atom. The zero-order chi connectivity index (χ0) is 15.9. The summed E-state index contributed by atoms with van der Waals surface area (Å²) in [4.78, 5) is 13.3. The Labute approximate surface area is 126 Å². The molecule has 1 aromatic carbocycles. The van der Waals surface area contributed by atoms with Crippen LogP contribution in [0.5, 0.6) is 0 Å². The third kappa shape index (κ3) is 6.10. The first-order chi connectivity index (χ1) is 9.88. The van der Waals surface area contributed by atoms with Gasteiger partial charge < -0.3 is 4.90 Å². The molecular weight excluding hydrogens is 288 g/mol. The van der Waals surface area contributed by atoms with E-state index in [1.54, 1.807) is 4.90 Å². The van der Waals surface area contributed by atoms with Gasteiger partial charge >= 0.3 is 0 Å². The second-order valence-electron chi connectivity index (χ2n) is 4.65. The van der Waals surface area contributed by atoms with Crippen LogP contribution in [-0.2, 0) is 14.8 Å². The summed E-state index contributed by atoms with van der Waals surface area (Å²) in [6, 6.07) is 7.48. The molecule has 0 aromatic heterocycles. The lowest BCUT2D eigenvalue weighted by molar-refractivity contribution is -0.129. The Morgan fingerprint density at radius 1 is 1.19 bits per heavy atom. The molecular formula is C15H22N2O3S. The summed E-state index contributed by atoms with van der Waals surface area (Å²) >= 11 is 0. The van der Waals surface area contributed by atoms with Crippen molar-refractivity contribution in [1.82, 2.24) is 9.62 Å². The maximum absolute atomic E-state index is 11.8. The molecule has 0 aliphatic carbocycles. The predicted molar refractivity (Wildman–Crippen MR) is 85.1 cm³/mol. The van der Waals surface area contributed by atoms with Gasteiger partial charge in [-0.25, -0.2) is 13.1 Å². The lowest BCUT2D eigenvalue weighted by Crippen LogP contribution is -2.39. The SMILES string of the molecule is CCN(CC)C(=O)CNS(=O)(=O)C=Cc1ccc(C)cc1. The number of carbonyl (C=O) groups excluding carboxylic acids is 1. The molecule has 0 heterocycles. The van der Waals surface area contributed by atoms with Crippen molar-refractivity contribution in [2.75, 3.05) is 19.6 Å². The fourth-order valence-corrected chi connectivity index (χ4v) is 2.50. The molecule has 0 aliphatic heterocycles. The van der Waals surface area contributed by atoms with Gasteiger partial charge in [0.25, 0.3) is 0 Å². The third-order valence-electron chi connectivity index (χ3n) is 3.06. The highest BCUT2D eigenvalue weighted by atomic mass is 32.2. The maximum Gasteiger partial charge on any atom is 0.237 e. The van der Waals surface area contributed by atoms with Gasteiger partial charge in [-0.3, -0.25) is 4.79 Å². The number of carbonyl (C=O) groups is 1. The van der Waals surface area contributed by atoms with Crippen molar-refractivity contribution in [1.29, 1.82) is 0 Å². The largest absolute Gasteiger partial charge is 0.342 e. The van der Waals surface area contributed by atoms with Crippen molar-refractivity contribution in [2.45, 2.75) is 20.8 Å². The van der Waals surface area contributed by atoms with Gasteiger partial charge in [0.2, 0.25) is 15.9 Å². The van der Waals surface area contributed by atoms with Gasteiger partial charge in [0.1, 0.15) is 0 Å². The number of hydrogen-bond acceptors (Lipinski definition) is 3. The number of nitrogens with one attached hydrogen (secondary N) is 1. The molecule has 0 atom stereocenters. The molecule has 0 spiro atoms. The predicted octanol–water partition coefficient (Wildman–Crippen LogP) is 1.75. The van der Waals surface area contributed by atoms with E-state index < -0.39 is 10.0 Å². The lowest BCUT2D eigenvalue weighted by Gasteiger charge is -2.18. The van der Waals surface area contributed by atoms with Crippen LogP contribution < -0.4 is 4.72 Å². The summed E-state index contributed by atoms with van der Waals surface area (Å²) in [5.74, 6) is -0.229. The van der Waals surface area contributed by atoms with Gasteiger partial charge in [0.05, 0.1) is 6.54 Å². The molecule has 1 amide bonds. The molecule has 1 N–H and O–H groups in total. The Morgan fingerprint density at radius 3 is 2.29 bits per heavy atom. The van der Waals surface area contributed by atoms with Gasteiger partial charge in [0, 0.05) is 18.5 Å². The smallest absolute Gasteiger partial charge is 0.237 e. The van der Waals surface area contributed by atoms with Crippen molar-refractivity contribution >= 4 is 22.0 Å². The number of hydrogen-bond donors (Lipinski definition) is 1. The molecule has 1 aromatic rings. The van der Waals surface area contributed by atoms with E-state index in [4.69, 9.17) is 0 Å². The number of aryl methyl sites for hydroxylation is 1.